The summed E-state index contributed by atoms with van der Waals surface area (Å²) in [5.74, 6) is 0.130. The summed E-state index contributed by atoms with van der Waals surface area (Å²) in [7, 11) is 1.96. The maximum absolute atomic E-state index is 12.6. The Balaban J connectivity index is 1.85. The first kappa shape index (κ1) is 13.6. The van der Waals surface area contributed by atoms with Gasteiger partial charge in [-0.3, -0.25) is 14.4 Å². The molecule has 3 heterocycles. The molecule has 0 saturated carbocycles. The van der Waals surface area contributed by atoms with Crippen LogP contribution in [0.4, 0.5) is 0 Å². The summed E-state index contributed by atoms with van der Waals surface area (Å²) in [6.45, 7) is 8.02. The zero-order chi connectivity index (χ0) is 14.3. The number of aryl methyl sites for hydroxylation is 1. The molecule has 20 heavy (non-hydrogen) atoms. The van der Waals surface area contributed by atoms with Crippen LogP contribution in [0, 0.1) is 0 Å². The second-order valence-electron chi connectivity index (χ2n) is 6.06. The molecule has 110 valence electrons. The van der Waals surface area contributed by atoms with Gasteiger partial charge >= 0.3 is 0 Å². The van der Waals surface area contributed by atoms with Crippen molar-refractivity contribution in [2.75, 3.05) is 13.1 Å². The number of rotatable bonds is 3. The van der Waals surface area contributed by atoms with Crippen LogP contribution in [0.3, 0.4) is 0 Å². The molecule has 5 nitrogen and oxygen atoms in total. The molecule has 5 heteroatoms. The maximum atomic E-state index is 12.6. The van der Waals surface area contributed by atoms with Gasteiger partial charge in [0.2, 0.25) is 0 Å². The van der Waals surface area contributed by atoms with Crippen molar-refractivity contribution in [3.05, 3.63) is 17.0 Å². The summed E-state index contributed by atoms with van der Waals surface area (Å²) < 4.78 is 1.90. The molecule has 0 aliphatic carbocycles. The van der Waals surface area contributed by atoms with Crippen LogP contribution < -0.4 is 0 Å². The average Bonchev–Trinajstić information content (AvgIpc) is 3.14. The van der Waals surface area contributed by atoms with E-state index >= 15 is 0 Å². The standard InChI is InChI=1S/C15H24N4O/c1-4-11(2)19-9-12-13(10-19)17(3)16-14(12)15(20)18-7-5-6-8-18/h11H,4-10H2,1-3H3/t11-/m0/s1. The third-order valence-electron chi connectivity index (χ3n) is 4.80. The van der Waals surface area contributed by atoms with Gasteiger partial charge in [-0.25, -0.2) is 0 Å². The van der Waals surface area contributed by atoms with Crippen LogP contribution in [0.15, 0.2) is 0 Å². The van der Waals surface area contributed by atoms with Gasteiger partial charge in [0.05, 0.1) is 5.69 Å². The van der Waals surface area contributed by atoms with Crippen LogP contribution in [0.25, 0.3) is 0 Å². The third kappa shape index (κ3) is 2.14. The molecular formula is C15H24N4O. The van der Waals surface area contributed by atoms with Gasteiger partial charge in [0.25, 0.3) is 5.91 Å². The molecule has 1 aromatic heterocycles. The van der Waals surface area contributed by atoms with E-state index in [2.05, 4.69) is 23.8 Å². The molecule has 0 spiro atoms. The zero-order valence-corrected chi connectivity index (χ0v) is 12.7. The van der Waals surface area contributed by atoms with E-state index in [4.69, 9.17) is 0 Å². The average molecular weight is 276 g/mol. The highest BCUT2D eigenvalue weighted by atomic mass is 16.2. The summed E-state index contributed by atoms with van der Waals surface area (Å²) in [5.41, 5.74) is 3.06. The molecule has 2 aliphatic rings. The molecule has 0 bridgehead atoms. The monoisotopic (exact) mass is 276 g/mol. The highest BCUT2D eigenvalue weighted by Crippen LogP contribution is 2.29. The van der Waals surface area contributed by atoms with Crippen molar-refractivity contribution in [1.29, 1.82) is 0 Å². The SMILES string of the molecule is CC[C@H](C)N1Cc2c(C(=O)N3CCCC3)nn(C)c2C1. The Morgan fingerprint density at radius 1 is 1.30 bits per heavy atom. The number of nitrogens with zero attached hydrogens (tertiary/aromatic N) is 4. The minimum atomic E-state index is 0.130. The Morgan fingerprint density at radius 3 is 2.65 bits per heavy atom. The summed E-state index contributed by atoms with van der Waals surface area (Å²) in [4.78, 5) is 17.0. The topological polar surface area (TPSA) is 41.4 Å². The second-order valence-corrected chi connectivity index (χ2v) is 6.06. The van der Waals surface area contributed by atoms with Gasteiger partial charge in [0.1, 0.15) is 0 Å². The van der Waals surface area contributed by atoms with Crippen molar-refractivity contribution in [2.24, 2.45) is 7.05 Å². The molecule has 1 fully saturated rings. The van der Waals surface area contributed by atoms with Crippen molar-refractivity contribution in [3.63, 3.8) is 0 Å². The Morgan fingerprint density at radius 2 is 2.00 bits per heavy atom. The van der Waals surface area contributed by atoms with Crippen LogP contribution in [-0.4, -0.2) is 44.6 Å². The fraction of sp³-hybridized carbons (Fsp3) is 0.733. The lowest BCUT2D eigenvalue weighted by molar-refractivity contribution is 0.0783. The second kappa shape index (κ2) is 5.20. The van der Waals surface area contributed by atoms with E-state index in [1.165, 1.54) is 5.69 Å². The molecule has 1 aromatic rings. The number of fused-ring (bicyclic) bond motifs is 1. The van der Waals surface area contributed by atoms with Crippen molar-refractivity contribution < 1.29 is 4.79 Å². The van der Waals surface area contributed by atoms with Crippen LogP contribution in [-0.2, 0) is 20.1 Å². The Bertz CT molecular complexity index is 516. The predicted octanol–water partition coefficient (Wildman–Crippen LogP) is 1.77. The first-order valence-corrected chi connectivity index (χ1v) is 7.70. The molecule has 0 unspecified atom stereocenters. The Labute approximate surface area is 120 Å². The summed E-state index contributed by atoms with van der Waals surface area (Å²) in [5, 5.41) is 4.50. The predicted molar refractivity (Wildman–Crippen MR) is 77.3 cm³/mol. The van der Waals surface area contributed by atoms with Crippen LogP contribution >= 0.6 is 0 Å². The highest BCUT2D eigenvalue weighted by molar-refractivity contribution is 5.94. The number of aromatic nitrogens is 2. The molecule has 1 atom stereocenters. The van der Waals surface area contributed by atoms with E-state index in [0.29, 0.717) is 11.7 Å². The number of hydrogen-bond donors (Lipinski definition) is 0. The van der Waals surface area contributed by atoms with Crippen molar-refractivity contribution in [1.82, 2.24) is 19.6 Å². The summed E-state index contributed by atoms with van der Waals surface area (Å²) in [6.07, 6.45) is 3.39. The van der Waals surface area contributed by atoms with Crippen molar-refractivity contribution in [2.45, 2.75) is 52.2 Å². The maximum Gasteiger partial charge on any atom is 0.274 e. The van der Waals surface area contributed by atoms with E-state index in [1.54, 1.807) is 0 Å². The van der Waals surface area contributed by atoms with Gasteiger partial charge in [-0.2, -0.15) is 5.10 Å². The molecule has 3 rings (SSSR count). The van der Waals surface area contributed by atoms with E-state index in [0.717, 1.165) is 51.0 Å². The van der Waals surface area contributed by atoms with Crippen molar-refractivity contribution in [3.8, 4) is 0 Å². The zero-order valence-electron chi connectivity index (χ0n) is 12.7. The number of amides is 1. The highest BCUT2D eigenvalue weighted by Gasteiger charge is 2.33. The Hall–Kier alpha value is -1.36. The van der Waals surface area contributed by atoms with Gasteiger partial charge in [0, 0.05) is 44.8 Å². The van der Waals surface area contributed by atoms with E-state index in [-0.39, 0.29) is 5.91 Å². The summed E-state index contributed by atoms with van der Waals surface area (Å²) in [6, 6.07) is 0.553. The lowest BCUT2D eigenvalue weighted by Gasteiger charge is -2.22. The van der Waals surface area contributed by atoms with E-state index in [1.807, 2.05) is 16.6 Å². The lowest BCUT2D eigenvalue weighted by Crippen LogP contribution is -2.31. The van der Waals surface area contributed by atoms with Gasteiger partial charge in [0.15, 0.2) is 5.69 Å². The minimum absolute atomic E-state index is 0.130. The van der Waals surface area contributed by atoms with Crippen LogP contribution in [0.5, 0.6) is 0 Å². The fourth-order valence-corrected chi connectivity index (χ4v) is 3.23. The van der Waals surface area contributed by atoms with E-state index < -0.39 is 0 Å². The Kier molecular flexibility index (Phi) is 3.54. The number of hydrogen-bond acceptors (Lipinski definition) is 3. The molecule has 1 amide bonds. The fourth-order valence-electron chi connectivity index (χ4n) is 3.23. The van der Waals surface area contributed by atoms with Gasteiger partial charge < -0.3 is 4.90 Å². The van der Waals surface area contributed by atoms with Gasteiger partial charge in [-0.05, 0) is 26.2 Å². The normalized spacial score (nSPS) is 20.4. The molecule has 0 radical (unpaired) electrons. The molecule has 0 N–H and O–H groups in total. The molecular weight excluding hydrogens is 252 g/mol. The van der Waals surface area contributed by atoms with Crippen LogP contribution in [0.1, 0.15) is 54.9 Å². The molecule has 2 aliphatic heterocycles. The molecule has 0 aromatic carbocycles. The summed E-state index contributed by atoms with van der Waals surface area (Å²) >= 11 is 0. The first-order valence-electron chi connectivity index (χ1n) is 7.70. The van der Waals surface area contributed by atoms with E-state index in [9.17, 15) is 4.79 Å². The molecule has 1 saturated heterocycles. The number of likely N-dealkylation sites (tertiary alicyclic amines) is 1. The lowest BCUT2D eigenvalue weighted by atomic mass is 10.2. The van der Waals surface area contributed by atoms with Gasteiger partial charge in [-0.1, -0.05) is 6.92 Å². The largest absolute Gasteiger partial charge is 0.337 e. The quantitative estimate of drug-likeness (QED) is 0.845. The number of carbonyl (C=O) groups excluding carboxylic acids is 1. The van der Waals surface area contributed by atoms with Crippen LogP contribution in [0.2, 0.25) is 0 Å². The van der Waals surface area contributed by atoms with Gasteiger partial charge in [-0.15, -0.1) is 0 Å². The third-order valence-corrected chi connectivity index (χ3v) is 4.80. The van der Waals surface area contributed by atoms with Crippen molar-refractivity contribution >= 4 is 5.91 Å². The first-order chi connectivity index (χ1) is 9.61. The smallest absolute Gasteiger partial charge is 0.274 e. The number of carbonyl (C=O) groups is 1. The minimum Gasteiger partial charge on any atom is -0.337 e.